The highest BCUT2D eigenvalue weighted by molar-refractivity contribution is 5.66. The summed E-state index contributed by atoms with van der Waals surface area (Å²) < 4.78 is 5.66. The van der Waals surface area contributed by atoms with Gasteiger partial charge in [-0.3, -0.25) is 4.79 Å². The zero-order valence-electron chi connectivity index (χ0n) is 11.7. The summed E-state index contributed by atoms with van der Waals surface area (Å²) in [5.74, 6) is 0.172. The Morgan fingerprint density at radius 3 is 2.47 bits per heavy atom. The van der Waals surface area contributed by atoms with Crippen molar-refractivity contribution in [2.75, 3.05) is 6.61 Å². The van der Waals surface area contributed by atoms with Crippen LogP contribution in [-0.2, 0) is 11.2 Å². The molecule has 106 valence electrons. The number of hydrogen-bond acceptors (Lipinski definition) is 2. The highest BCUT2D eigenvalue weighted by Gasteiger charge is 1.99. The lowest BCUT2D eigenvalue weighted by Gasteiger charge is -2.07. The number of aryl methyl sites for hydroxylation is 1. The number of carboxylic acid groups (broad SMARTS) is 1. The fourth-order valence-electron chi connectivity index (χ4n) is 1.91. The van der Waals surface area contributed by atoms with E-state index >= 15 is 0 Å². The Labute approximate surface area is 115 Å². The molecule has 1 N–H and O–H groups in total. The van der Waals surface area contributed by atoms with Crippen LogP contribution in [0.2, 0.25) is 0 Å². The minimum atomic E-state index is -0.730. The highest BCUT2D eigenvalue weighted by Crippen LogP contribution is 2.14. The van der Waals surface area contributed by atoms with Crippen molar-refractivity contribution in [2.24, 2.45) is 0 Å². The largest absolute Gasteiger partial charge is 0.494 e. The molecule has 0 atom stereocenters. The van der Waals surface area contributed by atoms with Crippen molar-refractivity contribution >= 4 is 5.97 Å². The Morgan fingerprint density at radius 1 is 1.11 bits per heavy atom. The predicted molar refractivity (Wildman–Crippen MR) is 76.7 cm³/mol. The smallest absolute Gasteiger partial charge is 0.303 e. The molecule has 0 aliphatic carbocycles. The number of unbranched alkanes of at least 4 members (excludes halogenated alkanes) is 3. The molecule has 0 radical (unpaired) electrons. The number of carboxylic acids is 1. The van der Waals surface area contributed by atoms with Crippen molar-refractivity contribution in [2.45, 2.75) is 51.9 Å². The van der Waals surface area contributed by atoms with Crippen LogP contribution in [0.3, 0.4) is 0 Å². The second-order valence-electron chi connectivity index (χ2n) is 4.80. The molecule has 0 aliphatic rings. The molecule has 0 amide bonds. The van der Waals surface area contributed by atoms with Crippen LogP contribution in [0.5, 0.6) is 5.75 Å². The average Bonchev–Trinajstić information content (AvgIpc) is 2.40. The number of ether oxygens (including phenoxy) is 1. The monoisotopic (exact) mass is 264 g/mol. The lowest BCUT2D eigenvalue weighted by molar-refractivity contribution is -0.137. The van der Waals surface area contributed by atoms with Gasteiger partial charge in [0, 0.05) is 6.42 Å². The molecule has 0 bridgehead atoms. The summed E-state index contributed by atoms with van der Waals surface area (Å²) in [6, 6.07) is 7.97. The van der Waals surface area contributed by atoms with Crippen LogP contribution >= 0.6 is 0 Å². The molecule has 0 spiro atoms. The molecule has 0 saturated carbocycles. The number of benzene rings is 1. The summed E-state index contributed by atoms with van der Waals surface area (Å²) in [6.07, 6.45) is 6.57. The molecule has 19 heavy (non-hydrogen) atoms. The normalized spacial score (nSPS) is 10.4. The van der Waals surface area contributed by atoms with E-state index in [9.17, 15) is 4.79 Å². The van der Waals surface area contributed by atoms with Gasteiger partial charge in [-0.05, 0) is 37.0 Å². The van der Waals surface area contributed by atoms with E-state index in [1.807, 2.05) is 24.3 Å². The van der Waals surface area contributed by atoms with Gasteiger partial charge in [-0.1, -0.05) is 38.3 Å². The molecule has 1 rings (SSSR count). The van der Waals surface area contributed by atoms with Crippen LogP contribution in [-0.4, -0.2) is 17.7 Å². The van der Waals surface area contributed by atoms with Crippen LogP contribution in [0.1, 0.15) is 51.0 Å². The Kier molecular flexibility index (Phi) is 7.71. The third kappa shape index (κ3) is 7.50. The molecule has 0 aromatic heterocycles. The molecular weight excluding hydrogens is 240 g/mol. The molecule has 0 saturated heterocycles. The SMILES string of the molecule is CCCCCCOc1ccc(CCCC(=O)O)cc1. The lowest BCUT2D eigenvalue weighted by Crippen LogP contribution is -1.98. The summed E-state index contributed by atoms with van der Waals surface area (Å²) in [5.41, 5.74) is 1.17. The number of aliphatic carboxylic acids is 1. The molecule has 0 aliphatic heterocycles. The van der Waals surface area contributed by atoms with Crippen molar-refractivity contribution in [3.63, 3.8) is 0 Å². The van der Waals surface area contributed by atoms with Crippen LogP contribution < -0.4 is 4.74 Å². The van der Waals surface area contributed by atoms with Crippen molar-refractivity contribution in [3.05, 3.63) is 29.8 Å². The molecular formula is C16H24O3. The topological polar surface area (TPSA) is 46.5 Å². The van der Waals surface area contributed by atoms with Crippen LogP contribution in [0.15, 0.2) is 24.3 Å². The zero-order valence-corrected chi connectivity index (χ0v) is 11.7. The van der Waals surface area contributed by atoms with Crippen LogP contribution in [0.4, 0.5) is 0 Å². The third-order valence-corrected chi connectivity index (χ3v) is 3.05. The molecule has 0 heterocycles. The van der Waals surface area contributed by atoms with Crippen molar-refractivity contribution < 1.29 is 14.6 Å². The maximum Gasteiger partial charge on any atom is 0.303 e. The predicted octanol–water partition coefficient (Wildman–Crippen LogP) is 4.05. The van der Waals surface area contributed by atoms with E-state index in [1.165, 1.54) is 24.8 Å². The van der Waals surface area contributed by atoms with E-state index in [2.05, 4.69) is 6.92 Å². The fourth-order valence-corrected chi connectivity index (χ4v) is 1.91. The molecule has 1 aromatic carbocycles. The van der Waals surface area contributed by atoms with Crippen LogP contribution in [0.25, 0.3) is 0 Å². The molecule has 1 aromatic rings. The van der Waals surface area contributed by atoms with E-state index in [-0.39, 0.29) is 6.42 Å². The van der Waals surface area contributed by atoms with Gasteiger partial charge >= 0.3 is 5.97 Å². The van der Waals surface area contributed by atoms with Gasteiger partial charge in [0.05, 0.1) is 6.61 Å². The first kappa shape index (κ1) is 15.5. The maximum absolute atomic E-state index is 10.4. The highest BCUT2D eigenvalue weighted by atomic mass is 16.5. The molecule has 0 fully saturated rings. The number of carbonyl (C=O) groups is 1. The quantitative estimate of drug-likeness (QED) is 0.648. The summed E-state index contributed by atoms with van der Waals surface area (Å²) in [6.45, 7) is 2.97. The summed E-state index contributed by atoms with van der Waals surface area (Å²) in [7, 11) is 0. The van der Waals surface area contributed by atoms with Gasteiger partial charge in [0.25, 0.3) is 0 Å². The first-order valence-electron chi connectivity index (χ1n) is 7.16. The van der Waals surface area contributed by atoms with Crippen LogP contribution in [0, 0.1) is 0 Å². The van der Waals surface area contributed by atoms with Gasteiger partial charge in [-0.15, -0.1) is 0 Å². The minimum absolute atomic E-state index is 0.232. The summed E-state index contributed by atoms with van der Waals surface area (Å²) >= 11 is 0. The van der Waals surface area contributed by atoms with Crippen molar-refractivity contribution in [3.8, 4) is 5.75 Å². The fraction of sp³-hybridized carbons (Fsp3) is 0.562. The summed E-state index contributed by atoms with van der Waals surface area (Å²) in [5, 5.41) is 8.57. The standard InChI is InChI=1S/C16H24O3/c1-2-3-4-5-13-19-15-11-9-14(10-12-15)7-6-8-16(17)18/h9-12H,2-8,13H2,1H3,(H,17,18). The zero-order chi connectivity index (χ0) is 13.9. The Bertz CT molecular complexity index is 357. The van der Waals surface area contributed by atoms with Gasteiger partial charge in [-0.2, -0.15) is 0 Å². The van der Waals surface area contributed by atoms with E-state index in [0.29, 0.717) is 6.42 Å². The minimum Gasteiger partial charge on any atom is -0.494 e. The van der Waals surface area contributed by atoms with Gasteiger partial charge in [0.15, 0.2) is 0 Å². The Morgan fingerprint density at radius 2 is 1.84 bits per heavy atom. The second-order valence-corrected chi connectivity index (χ2v) is 4.80. The Balaban J connectivity index is 2.21. The van der Waals surface area contributed by atoms with Crippen molar-refractivity contribution in [1.29, 1.82) is 0 Å². The lowest BCUT2D eigenvalue weighted by atomic mass is 10.1. The molecule has 0 unspecified atom stereocenters. The second kappa shape index (κ2) is 9.42. The van der Waals surface area contributed by atoms with E-state index in [1.54, 1.807) is 0 Å². The first-order chi connectivity index (χ1) is 9.22. The van der Waals surface area contributed by atoms with Gasteiger partial charge in [0.2, 0.25) is 0 Å². The van der Waals surface area contributed by atoms with Gasteiger partial charge in [0.1, 0.15) is 5.75 Å². The molecule has 3 nitrogen and oxygen atoms in total. The van der Waals surface area contributed by atoms with Gasteiger partial charge < -0.3 is 9.84 Å². The summed E-state index contributed by atoms with van der Waals surface area (Å²) in [4.78, 5) is 10.4. The van der Waals surface area contributed by atoms with E-state index in [0.717, 1.165) is 25.2 Å². The third-order valence-electron chi connectivity index (χ3n) is 3.05. The van der Waals surface area contributed by atoms with E-state index < -0.39 is 5.97 Å². The van der Waals surface area contributed by atoms with Gasteiger partial charge in [-0.25, -0.2) is 0 Å². The Hall–Kier alpha value is -1.51. The average molecular weight is 264 g/mol. The van der Waals surface area contributed by atoms with Crippen molar-refractivity contribution in [1.82, 2.24) is 0 Å². The van der Waals surface area contributed by atoms with E-state index in [4.69, 9.17) is 9.84 Å². The first-order valence-corrected chi connectivity index (χ1v) is 7.16. The number of hydrogen-bond donors (Lipinski definition) is 1. The maximum atomic E-state index is 10.4. The molecule has 3 heteroatoms. The number of rotatable bonds is 10.